The first-order valence-corrected chi connectivity index (χ1v) is 8.18. The number of anilines is 1. The Morgan fingerprint density at radius 3 is 2.92 bits per heavy atom. The van der Waals surface area contributed by atoms with Gasteiger partial charge in [0.25, 0.3) is 0 Å². The summed E-state index contributed by atoms with van der Waals surface area (Å²) in [7, 11) is 1.66. The predicted octanol–water partition coefficient (Wildman–Crippen LogP) is 3.87. The summed E-state index contributed by atoms with van der Waals surface area (Å²) in [6.07, 6.45) is 0. The summed E-state index contributed by atoms with van der Waals surface area (Å²) in [5.41, 5.74) is 8.87. The van der Waals surface area contributed by atoms with Crippen LogP contribution in [0.4, 0.5) is 5.69 Å². The Kier molecular flexibility index (Phi) is 7.33. The van der Waals surface area contributed by atoms with E-state index in [1.807, 2.05) is 36.4 Å². The van der Waals surface area contributed by atoms with E-state index in [1.54, 1.807) is 7.11 Å². The van der Waals surface area contributed by atoms with Gasteiger partial charge in [-0.2, -0.15) is 0 Å². The van der Waals surface area contributed by atoms with Gasteiger partial charge in [0.15, 0.2) is 17.5 Å². The van der Waals surface area contributed by atoms with Crippen LogP contribution in [0.25, 0.3) is 0 Å². The lowest BCUT2D eigenvalue weighted by Crippen LogP contribution is -2.23. The standard InChI is InChI=1S/C17H18BrN3O3.HI/c1-22-9-12-4-2-3-5-14(12)21-17(19)20-8-11-6-13(18)16-15(7-11)23-10-24-16;/h2-7H,8-10H2,1H3,(H3,19,20,21);1H. The van der Waals surface area contributed by atoms with E-state index in [1.165, 1.54) is 0 Å². The Balaban J connectivity index is 0.00000225. The van der Waals surface area contributed by atoms with E-state index in [9.17, 15) is 0 Å². The Morgan fingerprint density at radius 2 is 2.12 bits per heavy atom. The molecule has 3 N–H and O–H groups in total. The van der Waals surface area contributed by atoms with Gasteiger partial charge >= 0.3 is 0 Å². The largest absolute Gasteiger partial charge is 0.454 e. The van der Waals surface area contributed by atoms with Gasteiger partial charge in [-0.3, -0.25) is 0 Å². The number of fused-ring (bicyclic) bond motifs is 1. The zero-order valence-corrected chi connectivity index (χ0v) is 17.5. The van der Waals surface area contributed by atoms with Gasteiger partial charge in [0.2, 0.25) is 6.79 Å². The normalized spacial score (nSPS) is 12.6. The van der Waals surface area contributed by atoms with E-state index in [4.69, 9.17) is 19.9 Å². The fraction of sp³-hybridized carbons (Fsp3) is 0.235. The number of nitrogens with two attached hydrogens (primary N) is 1. The fourth-order valence-corrected chi connectivity index (χ4v) is 2.99. The van der Waals surface area contributed by atoms with Gasteiger partial charge in [-0.15, -0.1) is 24.0 Å². The van der Waals surface area contributed by atoms with Crippen molar-refractivity contribution < 1.29 is 14.2 Å². The SMILES string of the molecule is COCc1ccccc1NC(N)=NCc1cc(Br)c2c(c1)OCO2.I. The van der Waals surface area contributed by atoms with Crippen LogP contribution in [0, 0.1) is 0 Å². The number of para-hydroxylation sites is 1. The van der Waals surface area contributed by atoms with Crippen LogP contribution < -0.4 is 20.5 Å². The van der Waals surface area contributed by atoms with Crippen molar-refractivity contribution in [2.75, 3.05) is 19.2 Å². The lowest BCUT2D eigenvalue weighted by molar-refractivity contribution is 0.173. The van der Waals surface area contributed by atoms with Crippen molar-refractivity contribution in [3.05, 3.63) is 52.0 Å². The van der Waals surface area contributed by atoms with Crippen LogP contribution in [0.15, 0.2) is 45.9 Å². The van der Waals surface area contributed by atoms with Crippen molar-refractivity contribution in [2.45, 2.75) is 13.2 Å². The molecule has 0 fully saturated rings. The maximum atomic E-state index is 6.00. The highest BCUT2D eigenvalue weighted by Gasteiger charge is 2.17. The van der Waals surface area contributed by atoms with Gasteiger partial charge in [0, 0.05) is 18.4 Å². The Hall–Kier alpha value is -1.52. The first-order chi connectivity index (χ1) is 11.7. The molecule has 6 nitrogen and oxygen atoms in total. The molecule has 0 saturated heterocycles. The lowest BCUT2D eigenvalue weighted by Gasteiger charge is -2.11. The molecule has 0 amide bonds. The number of benzene rings is 2. The van der Waals surface area contributed by atoms with Gasteiger partial charge in [-0.05, 0) is 39.7 Å². The lowest BCUT2D eigenvalue weighted by atomic mass is 10.2. The molecule has 2 aromatic carbocycles. The number of methoxy groups -OCH3 is 1. The van der Waals surface area contributed by atoms with E-state index >= 15 is 0 Å². The van der Waals surface area contributed by atoms with Gasteiger partial charge in [0.05, 0.1) is 17.6 Å². The highest BCUT2D eigenvalue weighted by molar-refractivity contribution is 14.0. The topological polar surface area (TPSA) is 78.1 Å². The van der Waals surface area contributed by atoms with Gasteiger partial charge in [-0.25, -0.2) is 4.99 Å². The molecule has 0 aliphatic carbocycles. The summed E-state index contributed by atoms with van der Waals surface area (Å²) in [5, 5.41) is 3.11. The van der Waals surface area contributed by atoms with Crippen molar-refractivity contribution >= 4 is 51.6 Å². The number of ether oxygens (including phenoxy) is 3. The molecule has 0 spiro atoms. The predicted molar refractivity (Wildman–Crippen MR) is 112 cm³/mol. The monoisotopic (exact) mass is 519 g/mol. The maximum absolute atomic E-state index is 6.00. The fourth-order valence-electron chi connectivity index (χ4n) is 2.39. The Morgan fingerprint density at radius 1 is 1.32 bits per heavy atom. The van der Waals surface area contributed by atoms with Crippen LogP contribution in [0.1, 0.15) is 11.1 Å². The van der Waals surface area contributed by atoms with E-state index < -0.39 is 0 Å². The number of hydrogen-bond acceptors (Lipinski definition) is 4. The Labute approximate surface area is 171 Å². The van der Waals surface area contributed by atoms with Crippen molar-refractivity contribution in [1.82, 2.24) is 0 Å². The number of nitrogens with one attached hydrogen (secondary N) is 1. The Bertz CT molecular complexity index is 771. The second kappa shape index (κ2) is 9.25. The average Bonchev–Trinajstić information content (AvgIpc) is 3.04. The first-order valence-electron chi connectivity index (χ1n) is 7.39. The van der Waals surface area contributed by atoms with Gasteiger partial charge in [-0.1, -0.05) is 18.2 Å². The molecule has 134 valence electrons. The molecule has 0 radical (unpaired) electrons. The zero-order valence-electron chi connectivity index (χ0n) is 13.6. The summed E-state index contributed by atoms with van der Waals surface area (Å²) >= 11 is 3.47. The number of rotatable bonds is 5. The van der Waals surface area contributed by atoms with Crippen LogP contribution in [0.2, 0.25) is 0 Å². The molecule has 3 rings (SSSR count). The van der Waals surface area contributed by atoms with E-state index in [0.717, 1.165) is 27.0 Å². The molecular weight excluding hydrogens is 501 g/mol. The summed E-state index contributed by atoms with van der Waals surface area (Å²) in [6, 6.07) is 11.7. The molecule has 0 atom stereocenters. The van der Waals surface area contributed by atoms with E-state index in [0.29, 0.717) is 24.9 Å². The van der Waals surface area contributed by atoms with Crippen molar-refractivity contribution in [2.24, 2.45) is 10.7 Å². The summed E-state index contributed by atoms with van der Waals surface area (Å²) in [5.74, 6) is 1.78. The summed E-state index contributed by atoms with van der Waals surface area (Å²) in [4.78, 5) is 4.38. The average molecular weight is 520 g/mol. The minimum atomic E-state index is 0. The molecule has 0 bridgehead atoms. The van der Waals surface area contributed by atoms with Crippen molar-refractivity contribution in [1.29, 1.82) is 0 Å². The summed E-state index contributed by atoms with van der Waals surface area (Å²) in [6.45, 7) is 1.17. The van der Waals surface area contributed by atoms with Crippen LogP contribution in [0.3, 0.4) is 0 Å². The third-order valence-electron chi connectivity index (χ3n) is 3.50. The minimum absolute atomic E-state index is 0. The molecule has 1 aliphatic heterocycles. The van der Waals surface area contributed by atoms with Crippen LogP contribution >= 0.6 is 39.9 Å². The van der Waals surface area contributed by atoms with Crippen molar-refractivity contribution in [3.8, 4) is 11.5 Å². The summed E-state index contributed by atoms with van der Waals surface area (Å²) < 4.78 is 16.8. The number of halogens is 2. The second-order valence-corrected chi connectivity index (χ2v) is 6.08. The molecule has 8 heteroatoms. The minimum Gasteiger partial charge on any atom is -0.454 e. The second-order valence-electron chi connectivity index (χ2n) is 5.23. The molecule has 1 heterocycles. The van der Waals surface area contributed by atoms with Gasteiger partial charge in [0.1, 0.15) is 0 Å². The molecule has 0 saturated carbocycles. The highest BCUT2D eigenvalue weighted by Crippen LogP contribution is 2.40. The number of hydrogen-bond donors (Lipinski definition) is 2. The third-order valence-corrected chi connectivity index (χ3v) is 4.09. The van der Waals surface area contributed by atoms with Crippen LogP contribution in [0.5, 0.6) is 11.5 Å². The molecule has 2 aromatic rings. The van der Waals surface area contributed by atoms with Crippen LogP contribution in [-0.4, -0.2) is 19.9 Å². The smallest absolute Gasteiger partial charge is 0.231 e. The quantitative estimate of drug-likeness (QED) is 0.356. The molecule has 1 aliphatic rings. The van der Waals surface area contributed by atoms with Crippen molar-refractivity contribution in [3.63, 3.8) is 0 Å². The van der Waals surface area contributed by atoms with Gasteiger partial charge < -0.3 is 25.3 Å². The number of nitrogens with zero attached hydrogens (tertiary/aromatic N) is 1. The third kappa shape index (κ3) is 4.99. The molecular formula is C17H19BrIN3O3. The van der Waals surface area contributed by atoms with E-state index in [2.05, 4.69) is 26.2 Å². The molecule has 0 aromatic heterocycles. The highest BCUT2D eigenvalue weighted by atomic mass is 127. The number of aliphatic imine (C=N–C) groups is 1. The van der Waals surface area contributed by atoms with E-state index in [-0.39, 0.29) is 30.8 Å². The van der Waals surface area contributed by atoms with Crippen LogP contribution in [-0.2, 0) is 17.9 Å². The molecule has 0 unspecified atom stereocenters. The maximum Gasteiger partial charge on any atom is 0.231 e. The molecule has 25 heavy (non-hydrogen) atoms. The zero-order chi connectivity index (χ0) is 16.9. The number of guanidine groups is 1. The first kappa shape index (κ1) is 19.8.